The summed E-state index contributed by atoms with van der Waals surface area (Å²) in [5.74, 6) is -1.28. The highest BCUT2D eigenvalue weighted by molar-refractivity contribution is 6.05. The summed E-state index contributed by atoms with van der Waals surface area (Å²) >= 11 is 0. The van der Waals surface area contributed by atoms with E-state index in [0.29, 0.717) is 36.5 Å². The van der Waals surface area contributed by atoms with Crippen LogP contribution in [-0.4, -0.2) is 19.1 Å². The van der Waals surface area contributed by atoms with Crippen LogP contribution < -0.4 is 14.8 Å². The zero-order chi connectivity index (χ0) is 16.8. The van der Waals surface area contributed by atoms with Crippen LogP contribution in [0.15, 0.2) is 36.4 Å². The van der Waals surface area contributed by atoms with Crippen molar-refractivity contribution in [2.24, 2.45) is 0 Å². The molecule has 0 aliphatic heterocycles. The van der Waals surface area contributed by atoms with Crippen molar-refractivity contribution in [1.29, 1.82) is 0 Å². The van der Waals surface area contributed by atoms with Gasteiger partial charge in [0, 0.05) is 17.7 Å². The second kappa shape index (κ2) is 7.58. The molecule has 1 N–H and O–H groups in total. The topological polar surface area (TPSA) is 47.6 Å². The van der Waals surface area contributed by atoms with Gasteiger partial charge in [0.05, 0.1) is 18.9 Å². The number of nitrogens with one attached hydrogen (secondary N) is 1. The Labute approximate surface area is 133 Å². The van der Waals surface area contributed by atoms with Gasteiger partial charge < -0.3 is 14.8 Å². The number of carbonyl (C=O) groups excluding carboxylic acids is 1. The summed E-state index contributed by atoms with van der Waals surface area (Å²) in [7, 11) is 0. The van der Waals surface area contributed by atoms with Crippen LogP contribution in [0.1, 0.15) is 24.2 Å². The van der Waals surface area contributed by atoms with E-state index >= 15 is 0 Å². The Kier molecular flexibility index (Phi) is 5.51. The molecule has 0 aromatic heterocycles. The molecule has 0 radical (unpaired) electrons. The molecule has 2 aromatic carbocycles. The van der Waals surface area contributed by atoms with Crippen molar-refractivity contribution in [2.75, 3.05) is 18.5 Å². The highest BCUT2D eigenvalue weighted by Crippen LogP contribution is 2.30. The van der Waals surface area contributed by atoms with Gasteiger partial charge in [-0.25, -0.2) is 8.78 Å². The van der Waals surface area contributed by atoms with E-state index in [1.807, 2.05) is 13.8 Å². The lowest BCUT2D eigenvalue weighted by Gasteiger charge is -2.13. The first kappa shape index (κ1) is 16.7. The van der Waals surface area contributed by atoms with E-state index in [1.165, 1.54) is 0 Å². The fourth-order valence-electron chi connectivity index (χ4n) is 2.02. The average molecular weight is 321 g/mol. The fraction of sp³-hybridized carbons (Fsp3) is 0.235. The number of amides is 1. The SMILES string of the molecule is CCOc1ccc(OCC)c(NC(=O)c2cc(F)cc(F)c2)c1. The summed E-state index contributed by atoms with van der Waals surface area (Å²) in [6.07, 6.45) is 0. The first-order valence-electron chi connectivity index (χ1n) is 7.20. The van der Waals surface area contributed by atoms with Crippen LogP contribution in [0.25, 0.3) is 0 Å². The molecule has 23 heavy (non-hydrogen) atoms. The Bertz CT molecular complexity index is 684. The van der Waals surface area contributed by atoms with Gasteiger partial charge in [0.15, 0.2) is 0 Å². The van der Waals surface area contributed by atoms with E-state index in [-0.39, 0.29) is 5.56 Å². The monoisotopic (exact) mass is 321 g/mol. The van der Waals surface area contributed by atoms with Crippen LogP contribution in [-0.2, 0) is 0 Å². The van der Waals surface area contributed by atoms with Gasteiger partial charge in [0.25, 0.3) is 5.91 Å². The lowest BCUT2D eigenvalue weighted by atomic mass is 10.2. The van der Waals surface area contributed by atoms with Gasteiger partial charge in [0.2, 0.25) is 0 Å². The molecule has 0 saturated heterocycles. The summed E-state index contributed by atoms with van der Waals surface area (Å²) in [6, 6.07) is 7.61. The largest absolute Gasteiger partial charge is 0.494 e. The Balaban J connectivity index is 2.29. The van der Waals surface area contributed by atoms with E-state index < -0.39 is 17.5 Å². The maximum absolute atomic E-state index is 13.2. The lowest BCUT2D eigenvalue weighted by Crippen LogP contribution is -2.14. The van der Waals surface area contributed by atoms with Crippen molar-refractivity contribution in [3.63, 3.8) is 0 Å². The van der Waals surface area contributed by atoms with Gasteiger partial charge in [0.1, 0.15) is 23.1 Å². The lowest BCUT2D eigenvalue weighted by molar-refractivity contribution is 0.102. The molecule has 0 saturated carbocycles. The molecule has 0 unspecified atom stereocenters. The third kappa shape index (κ3) is 4.42. The zero-order valence-electron chi connectivity index (χ0n) is 12.9. The van der Waals surface area contributed by atoms with E-state index in [9.17, 15) is 13.6 Å². The van der Waals surface area contributed by atoms with Crippen molar-refractivity contribution in [3.8, 4) is 11.5 Å². The highest BCUT2D eigenvalue weighted by atomic mass is 19.1. The van der Waals surface area contributed by atoms with Gasteiger partial charge in [-0.15, -0.1) is 0 Å². The summed E-state index contributed by atoms with van der Waals surface area (Å²) in [5, 5.41) is 2.59. The van der Waals surface area contributed by atoms with Crippen LogP contribution in [0.2, 0.25) is 0 Å². The maximum atomic E-state index is 13.2. The molecule has 0 heterocycles. The predicted molar refractivity (Wildman–Crippen MR) is 83.1 cm³/mol. The van der Waals surface area contributed by atoms with Crippen LogP contribution in [0.3, 0.4) is 0 Å². The van der Waals surface area contributed by atoms with Crippen molar-refractivity contribution in [1.82, 2.24) is 0 Å². The molecule has 4 nitrogen and oxygen atoms in total. The summed E-state index contributed by atoms with van der Waals surface area (Å²) in [6.45, 7) is 4.52. The molecule has 0 fully saturated rings. The number of hydrogen-bond acceptors (Lipinski definition) is 3. The highest BCUT2D eigenvalue weighted by Gasteiger charge is 2.13. The molecule has 0 aliphatic rings. The normalized spacial score (nSPS) is 10.3. The Morgan fingerprint density at radius 1 is 1.00 bits per heavy atom. The molecule has 2 aromatic rings. The minimum Gasteiger partial charge on any atom is -0.494 e. The summed E-state index contributed by atoms with van der Waals surface area (Å²) in [4.78, 5) is 12.2. The van der Waals surface area contributed by atoms with E-state index in [4.69, 9.17) is 9.47 Å². The fourth-order valence-corrected chi connectivity index (χ4v) is 2.02. The zero-order valence-corrected chi connectivity index (χ0v) is 12.9. The van der Waals surface area contributed by atoms with Crippen molar-refractivity contribution < 1.29 is 23.0 Å². The van der Waals surface area contributed by atoms with Gasteiger partial charge in [-0.2, -0.15) is 0 Å². The van der Waals surface area contributed by atoms with Gasteiger partial charge in [-0.1, -0.05) is 0 Å². The number of ether oxygens (including phenoxy) is 2. The third-order valence-corrected chi connectivity index (χ3v) is 2.93. The molecule has 0 atom stereocenters. The summed E-state index contributed by atoms with van der Waals surface area (Å²) in [5.41, 5.74) is 0.249. The number of rotatable bonds is 6. The molecule has 0 spiro atoms. The first-order chi connectivity index (χ1) is 11.0. The third-order valence-electron chi connectivity index (χ3n) is 2.93. The van der Waals surface area contributed by atoms with Crippen LogP contribution in [0, 0.1) is 11.6 Å². The molecule has 1 amide bonds. The number of carbonyl (C=O) groups is 1. The second-order valence-electron chi connectivity index (χ2n) is 4.64. The second-order valence-corrected chi connectivity index (χ2v) is 4.64. The quantitative estimate of drug-likeness (QED) is 0.874. The van der Waals surface area contributed by atoms with Crippen molar-refractivity contribution >= 4 is 11.6 Å². The van der Waals surface area contributed by atoms with Crippen LogP contribution in [0.4, 0.5) is 14.5 Å². The smallest absolute Gasteiger partial charge is 0.255 e. The number of halogens is 2. The minimum absolute atomic E-state index is 0.119. The first-order valence-corrected chi connectivity index (χ1v) is 7.20. The molecular formula is C17H17F2NO3. The van der Waals surface area contributed by atoms with Crippen molar-refractivity contribution in [2.45, 2.75) is 13.8 Å². The van der Waals surface area contributed by atoms with E-state index in [2.05, 4.69) is 5.32 Å². The molecular weight excluding hydrogens is 304 g/mol. The number of anilines is 1. The average Bonchev–Trinajstić information content (AvgIpc) is 2.49. The van der Waals surface area contributed by atoms with Gasteiger partial charge in [-0.05, 0) is 38.1 Å². The number of hydrogen-bond donors (Lipinski definition) is 1. The van der Waals surface area contributed by atoms with Crippen molar-refractivity contribution in [3.05, 3.63) is 53.6 Å². The van der Waals surface area contributed by atoms with Gasteiger partial charge in [-0.3, -0.25) is 4.79 Å². The van der Waals surface area contributed by atoms with E-state index in [1.54, 1.807) is 18.2 Å². The minimum atomic E-state index is -0.816. The summed E-state index contributed by atoms with van der Waals surface area (Å²) < 4.78 is 37.3. The molecule has 122 valence electrons. The Morgan fingerprint density at radius 3 is 2.26 bits per heavy atom. The standard InChI is InChI=1S/C17H17F2NO3/c1-3-22-14-5-6-16(23-4-2)15(10-14)20-17(21)11-7-12(18)9-13(19)8-11/h5-10H,3-4H2,1-2H3,(H,20,21). The molecule has 0 bridgehead atoms. The molecule has 6 heteroatoms. The maximum Gasteiger partial charge on any atom is 0.255 e. The van der Waals surface area contributed by atoms with Crippen LogP contribution >= 0.6 is 0 Å². The van der Waals surface area contributed by atoms with Crippen LogP contribution in [0.5, 0.6) is 11.5 Å². The molecule has 0 aliphatic carbocycles. The molecule has 2 rings (SSSR count). The Hall–Kier alpha value is -2.63. The number of benzene rings is 2. The van der Waals surface area contributed by atoms with E-state index in [0.717, 1.165) is 12.1 Å². The van der Waals surface area contributed by atoms with Gasteiger partial charge >= 0.3 is 0 Å². The predicted octanol–water partition coefficient (Wildman–Crippen LogP) is 4.01. The Morgan fingerprint density at radius 2 is 1.65 bits per heavy atom.